The van der Waals surface area contributed by atoms with Gasteiger partial charge in [-0.25, -0.2) is 0 Å². The van der Waals surface area contributed by atoms with Crippen LogP contribution in [0.4, 0.5) is 0 Å². The average Bonchev–Trinajstić information content (AvgIpc) is 3.08. The highest BCUT2D eigenvalue weighted by molar-refractivity contribution is 8.00. The Balaban J connectivity index is 1.46. The molecular formula is C17H23NO2S. The second kappa shape index (κ2) is 6.30. The molecule has 3 rings (SSSR count). The van der Waals surface area contributed by atoms with Crippen LogP contribution >= 0.6 is 11.8 Å². The summed E-state index contributed by atoms with van der Waals surface area (Å²) in [6.45, 7) is 2.16. The van der Waals surface area contributed by atoms with Crippen LogP contribution in [0.25, 0.3) is 0 Å². The summed E-state index contributed by atoms with van der Waals surface area (Å²) in [7, 11) is 0. The quantitative estimate of drug-likeness (QED) is 0.820. The number of amides is 1. The number of benzene rings is 1. The van der Waals surface area contributed by atoms with Crippen LogP contribution in [-0.4, -0.2) is 22.8 Å². The molecule has 0 radical (unpaired) electrons. The van der Waals surface area contributed by atoms with Gasteiger partial charge in [-0.3, -0.25) is 4.79 Å². The first-order valence-corrected chi connectivity index (χ1v) is 8.81. The molecule has 2 aliphatic carbocycles. The fourth-order valence-electron chi connectivity index (χ4n) is 4.03. The van der Waals surface area contributed by atoms with Crippen LogP contribution in [0, 0.1) is 17.8 Å². The van der Waals surface area contributed by atoms with Gasteiger partial charge in [0.1, 0.15) is 5.75 Å². The molecule has 0 aromatic heterocycles. The van der Waals surface area contributed by atoms with Crippen LogP contribution < -0.4 is 5.32 Å². The van der Waals surface area contributed by atoms with Crippen LogP contribution in [0.15, 0.2) is 29.2 Å². The number of aromatic hydroxyl groups is 1. The Morgan fingerprint density at radius 1 is 1.43 bits per heavy atom. The molecule has 3 nitrogen and oxygen atoms in total. The summed E-state index contributed by atoms with van der Waals surface area (Å²) >= 11 is 1.47. The molecule has 21 heavy (non-hydrogen) atoms. The number of phenolic OH excluding ortho intramolecular Hbond substituents is 1. The number of thioether (sulfide) groups is 1. The minimum atomic E-state index is 0.0959. The van der Waals surface area contributed by atoms with Crippen LogP contribution in [0.3, 0.4) is 0 Å². The first kappa shape index (κ1) is 14.8. The zero-order valence-electron chi connectivity index (χ0n) is 12.4. The number of carbonyl (C=O) groups is 1. The van der Waals surface area contributed by atoms with E-state index in [4.69, 9.17) is 0 Å². The summed E-state index contributed by atoms with van der Waals surface area (Å²) in [6, 6.07) is 7.33. The summed E-state index contributed by atoms with van der Waals surface area (Å²) < 4.78 is 0. The standard InChI is InChI=1S/C17H23NO2S/c1-11(16-8-12-5-6-13(16)7-12)18-17(20)10-21-15-4-2-3-14(19)9-15/h2-4,9,11-13,16,19H,5-8,10H2,1H3,(H,18,20). The number of carbonyl (C=O) groups excluding carboxylic acids is 1. The maximum absolute atomic E-state index is 12.1. The van der Waals surface area contributed by atoms with Gasteiger partial charge < -0.3 is 10.4 Å². The fraction of sp³-hybridized carbons (Fsp3) is 0.588. The van der Waals surface area contributed by atoms with E-state index in [2.05, 4.69) is 12.2 Å². The molecule has 0 heterocycles. The molecule has 0 saturated heterocycles. The zero-order valence-corrected chi connectivity index (χ0v) is 13.2. The first-order chi connectivity index (χ1) is 10.1. The topological polar surface area (TPSA) is 49.3 Å². The van der Waals surface area contributed by atoms with Gasteiger partial charge in [-0.05, 0) is 62.1 Å². The van der Waals surface area contributed by atoms with Gasteiger partial charge in [0.25, 0.3) is 0 Å². The predicted molar refractivity (Wildman–Crippen MR) is 85.4 cm³/mol. The minimum Gasteiger partial charge on any atom is -0.508 e. The molecule has 0 aliphatic heterocycles. The SMILES string of the molecule is CC(NC(=O)CSc1cccc(O)c1)C1CC2CCC1C2. The summed E-state index contributed by atoms with van der Waals surface area (Å²) in [5.74, 6) is 3.19. The summed E-state index contributed by atoms with van der Waals surface area (Å²) in [5.41, 5.74) is 0. The Hall–Kier alpha value is -1.16. The van der Waals surface area contributed by atoms with Crippen molar-refractivity contribution in [1.29, 1.82) is 0 Å². The molecule has 4 unspecified atom stereocenters. The second-order valence-corrected chi connectivity index (χ2v) is 7.53. The molecule has 2 N–H and O–H groups in total. The molecular weight excluding hydrogens is 282 g/mol. The molecule has 4 atom stereocenters. The lowest BCUT2D eigenvalue weighted by molar-refractivity contribution is -0.119. The van der Waals surface area contributed by atoms with Gasteiger partial charge in [0.15, 0.2) is 0 Å². The van der Waals surface area contributed by atoms with Crippen LogP contribution in [-0.2, 0) is 4.79 Å². The van der Waals surface area contributed by atoms with Gasteiger partial charge in [0.2, 0.25) is 5.91 Å². The van der Waals surface area contributed by atoms with Crippen molar-refractivity contribution >= 4 is 17.7 Å². The van der Waals surface area contributed by atoms with E-state index < -0.39 is 0 Å². The van der Waals surface area contributed by atoms with Crippen molar-refractivity contribution in [3.05, 3.63) is 24.3 Å². The normalized spacial score (nSPS) is 28.5. The third kappa shape index (κ3) is 3.54. The Morgan fingerprint density at radius 2 is 2.29 bits per heavy atom. The van der Waals surface area contributed by atoms with Crippen molar-refractivity contribution in [1.82, 2.24) is 5.32 Å². The highest BCUT2D eigenvalue weighted by atomic mass is 32.2. The summed E-state index contributed by atoms with van der Waals surface area (Å²) in [6.07, 6.45) is 5.43. The van der Waals surface area contributed by atoms with Crippen molar-refractivity contribution < 1.29 is 9.90 Å². The van der Waals surface area contributed by atoms with E-state index in [1.54, 1.807) is 18.2 Å². The largest absolute Gasteiger partial charge is 0.508 e. The van der Waals surface area contributed by atoms with Gasteiger partial charge in [-0.15, -0.1) is 11.8 Å². The smallest absolute Gasteiger partial charge is 0.230 e. The van der Waals surface area contributed by atoms with Crippen molar-refractivity contribution in [2.24, 2.45) is 17.8 Å². The highest BCUT2D eigenvalue weighted by Crippen LogP contribution is 2.49. The van der Waals surface area contributed by atoms with Gasteiger partial charge in [-0.1, -0.05) is 12.5 Å². The number of nitrogens with one attached hydrogen (secondary N) is 1. The number of fused-ring (bicyclic) bond motifs is 2. The molecule has 2 saturated carbocycles. The molecule has 1 amide bonds. The summed E-state index contributed by atoms with van der Waals surface area (Å²) in [5, 5.41) is 12.6. The monoisotopic (exact) mass is 305 g/mol. The van der Waals surface area contributed by atoms with Crippen molar-refractivity contribution in [3.63, 3.8) is 0 Å². The Labute approximate surface area is 130 Å². The van der Waals surface area contributed by atoms with Crippen molar-refractivity contribution in [2.45, 2.75) is 43.5 Å². The van der Waals surface area contributed by atoms with Gasteiger partial charge in [0, 0.05) is 10.9 Å². The Kier molecular flexibility index (Phi) is 4.43. The molecule has 0 spiro atoms. The molecule has 2 bridgehead atoms. The number of rotatable bonds is 5. The molecule has 1 aromatic rings. The average molecular weight is 305 g/mol. The third-order valence-corrected chi connectivity index (χ3v) is 6.01. The molecule has 4 heteroatoms. The van der Waals surface area contributed by atoms with E-state index in [0.717, 1.165) is 16.7 Å². The maximum atomic E-state index is 12.1. The van der Waals surface area contributed by atoms with E-state index >= 15 is 0 Å². The Morgan fingerprint density at radius 3 is 2.95 bits per heavy atom. The van der Waals surface area contributed by atoms with E-state index in [9.17, 15) is 9.90 Å². The highest BCUT2D eigenvalue weighted by Gasteiger charge is 2.42. The second-order valence-electron chi connectivity index (χ2n) is 6.48. The van der Waals surface area contributed by atoms with E-state index in [1.165, 1.54) is 37.4 Å². The molecule has 2 aliphatic rings. The van der Waals surface area contributed by atoms with Gasteiger partial charge >= 0.3 is 0 Å². The number of phenols is 1. The third-order valence-electron chi connectivity index (χ3n) is 5.01. The van der Waals surface area contributed by atoms with E-state index in [-0.39, 0.29) is 17.7 Å². The molecule has 2 fully saturated rings. The number of hydrogen-bond donors (Lipinski definition) is 2. The van der Waals surface area contributed by atoms with Gasteiger partial charge in [0.05, 0.1) is 5.75 Å². The summed E-state index contributed by atoms with van der Waals surface area (Å²) in [4.78, 5) is 13.0. The maximum Gasteiger partial charge on any atom is 0.230 e. The lowest BCUT2D eigenvalue weighted by atomic mass is 9.84. The minimum absolute atomic E-state index is 0.0959. The van der Waals surface area contributed by atoms with Crippen molar-refractivity contribution in [3.8, 4) is 5.75 Å². The molecule has 114 valence electrons. The van der Waals surface area contributed by atoms with Gasteiger partial charge in [-0.2, -0.15) is 0 Å². The van der Waals surface area contributed by atoms with Crippen LogP contribution in [0.2, 0.25) is 0 Å². The lowest BCUT2D eigenvalue weighted by Gasteiger charge is -2.28. The predicted octanol–water partition coefficient (Wildman–Crippen LogP) is 3.43. The van der Waals surface area contributed by atoms with E-state index in [1.807, 2.05) is 6.07 Å². The lowest BCUT2D eigenvalue weighted by Crippen LogP contribution is -2.40. The van der Waals surface area contributed by atoms with Crippen molar-refractivity contribution in [2.75, 3.05) is 5.75 Å². The van der Waals surface area contributed by atoms with Crippen LogP contribution in [0.1, 0.15) is 32.6 Å². The Bertz CT molecular complexity index is 519. The molecule has 1 aromatic carbocycles. The zero-order chi connectivity index (χ0) is 14.8. The van der Waals surface area contributed by atoms with E-state index in [0.29, 0.717) is 11.7 Å². The fourth-order valence-corrected chi connectivity index (χ4v) is 4.79. The van der Waals surface area contributed by atoms with Crippen LogP contribution in [0.5, 0.6) is 5.75 Å². The first-order valence-electron chi connectivity index (χ1n) is 7.83. The number of hydrogen-bond acceptors (Lipinski definition) is 3.